The van der Waals surface area contributed by atoms with Gasteiger partial charge in [0, 0.05) is 19.6 Å². The van der Waals surface area contributed by atoms with Crippen LogP contribution < -0.4 is 5.73 Å². The number of ether oxygens (including phenoxy) is 1. The fourth-order valence-corrected chi connectivity index (χ4v) is 1.49. The molecule has 1 aliphatic heterocycles. The third-order valence-electron chi connectivity index (χ3n) is 2.39. The van der Waals surface area contributed by atoms with Crippen LogP contribution in [0.3, 0.4) is 0 Å². The van der Waals surface area contributed by atoms with Crippen molar-refractivity contribution in [3.8, 4) is 0 Å². The summed E-state index contributed by atoms with van der Waals surface area (Å²) in [6.07, 6.45) is 1.52. The minimum atomic E-state index is -0.318. The molecule has 0 aliphatic carbocycles. The minimum absolute atomic E-state index is 0.318. The van der Waals surface area contributed by atoms with E-state index in [-0.39, 0.29) is 6.10 Å². The van der Waals surface area contributed by atoms with Crippen molar-refractivity contribution in [2.24, 2.45) is 5.73 Å². The first kappa shape index (κ1) is 10.9. The Bertz CT molecular complexity index is 127. The van der Waals surface area contributed by atoms with Crippen molar-refractivity contribution in [1.29, 1.82) is 0 Å². The number of aliphatic hydroxyl groups is 1. The van der Waals surface area contributed by atoms with Gasteiger partial charge in [-0.3, -0.25) is 4.90 Å². The molecule has 0 aromatic rings. The zero-order chi connectivity index (χ0) is 9.52. The topological polar surface area (TPSA) is 58.7 Å². The van der Waals surface area contributed by atoms with Crippen LogP contribution in [0.25, 0.3) is 0 Å². The lowest BCUT2D eigenvalue weighted by atomic mass is 10.2. The summed E-state index contributed by atoms with van der Waals surface area (Å²) in [5, 5.41) is 9.22. The molecule has 1 unspecified atom stereocenters. The van der Waals surface area contributed by atoms with Crippen LogP contribution in [0.4, 0.5) is 0 Å². The van der Waals surface area contributed by atoms with E-state index in [1.807, 2.05) is 0 Å². The molecule has 3 N–H and O–H groups in total. The van der Waals surface area contributed by atoms with E-state index in [1.165, 1.54) is 0 Å². The van der Waals surface area contributed by atoms with Gasteiger partial charge in [-0.25, -0.2) is 0 Å². The molecule has 0 bridgehead atoms. The van der Waals surface area contributed by atoms with Gasteiger partial charge in [0.25, 0.3) is 0 Å². The van der Waals surface area contributed by atoms with Crippen LogP contribution in [-0.2, 0) is 4.74 Å². The molecular formula is C9H20N2O2. The van der Waals surface area contributed by atoms with E-state index in [0.717, 1.165) is 45.7 Å². The molecule has 78 valence electrons. The van der Waals surface area contributed by atoms with E-state index < -0.39 is 0 Å². The first-order chi connectivity index (χ1) is 6.33. The molecule has 0 aromatic heterocycles. The van der Waals surface area contributed by atoms with Gasteiger partial charge >= 0.3 is 0 Å². The Kier molecular flexibility index (Phi) is 5.31. The summed E-state index contributed by atoms with van der Waals surface area (Å²) in [5.74, 6) is 0. The third-order valence-corrected chi connectivity index (χ3v) is 2.39. The van der Waals surface area contributed by atoms with Crippen LogP contribution >= 0.6 is 0 Å². The van der Waals surface area contributed by atoms with Gasteiger partial charge in [0.05, 0.1) is 19.3 Å². The van der Waals surface area contributed by atoms with E-state index in [0.29, 0.717) is 6.54 Å². The van der Waals surface area contributed by atoms with Crippen molar-refractivity contribution in [3.05, 3.63) is 0 Å². The maximum absolute atomic E-state index is 9.22. The molecule has 13 heavy (non-hydrogen) atoms. The first-order valence-electron chi connectivity index (χ1n) is 5.01. The van der Waals surface area contributed by atoms with Gasteiger partial charge in [0.1, 0.15) is 0 Å². The zero-order valence-corrected chi connectivity index (χ0v) is 8.11. The predicted molar refractivity (Wildman–Crippen MR) is 51.6 cm³/mol. The second kappa shape index (κ2) is 6.32. The molecule has 0 amide bonds. The van der Waals surface area contributed by atoms with Crippen molar-refractivity contribution in [2.45, 2.75) is 18.9 Å². The molecule has 4 heteroatoms. The summed E-state index contributed by atoms with van der Waals surface area (Å²) in [7, 11) is 0. The van der Waals surface area contributed by atoms with Gasteiger partial charge in [0.15, 0.2) is 0 Å². The summed E-state index contributed by atoms with van der Waals surface area (Å²) in [6, 6.07) is 0. The largest absolute Gasteiger partial charge is 0.392 e. The van der Waals surface area contributed by atoms with Crippen molar-refractivity contribution in [1.82, 2.24) is 4.90 Å². The van der Waals surface area contributed by atoms with E-state index in [1.54, 1.807) is 0 Å². The van der Waals surface area contributed by atoms with Crippen LogP contribution in [0.5, 0.6) is 0 Å². The van der Waals surface area contributed by atoms with E-state index in [4.69, 9.17) is 10.5 Å². The van der Waals surface area contributed by atoms with E-state index >= 15 is 0 Å². The van der Waals surface area contributed by atoms with E-state index in [9.17, 15) is 5.11 Å². The normalized spacial score (nSPS) is 21.7. The van der Waals surface area contributed by atoms with Crippen molar-refractivity contribution in [3.63, 3.8) is 0 Å². The van der Waals surface area contributed by atoms with Gasteiger partial charge in [-0.2, -0.15) is 0 Å². The highest BCUT2D eigenvalue weighted by molar-refractivity contribution is 4.63. The smallest absolute Gasteiger partial charge is 0.0662 e. The molecular weight excluding hydrogens is 168 g/mol. The molecule has 0 radical (unpaired) electrons. The zero-order valence-electron chi connectivity index (χ0n) is 8.11. The lowest BCUT2D eigenvalue weighted by Crippen LogP contribution is -2.37. The quantitative estimate of drug-likeness (QED) is 0.606. The highest BCUT2D eigenvalue weighted by Crippen LogP contribution is 2.01. The molecule has 1 heterocycles. The highest BCUT2D eigenvalue weighted by atomic mass is 16.5. The maximum Gasteiger partial charge on any atom is 0.0662 e. The van der Waals surface area contributed by atoms with Crippen molar-refractivity contribution >= 4 is 0 Å². The van der Waals surface area contributed by atoms with Gasteiger partial charge in [-0.05, 0) is 19.4 Å². The molecule has 1 aliphatic rings. The van der Waals surface area contributed by atoms with Crippen LogP contribution in [0.2, 0.25) is 0 Å². The summed E-state index contributed by atoms with van der Waals surface area (Å²) in [6.45, 7) is 5.18. The van der Waals surface area contributed by atoms with Gasteiger partial charge in [-0.15, -0.1) is 0 Å². The lowest BCUT2D eigenvalue weighted by molar-refractivity contribution is 0.0354. The number of nitrogens with zero attached hydrogens (tertiary/aromatic N) is 1. The Morgan fingerprint density at radius 1 is 1.38 bits per heavy atom. The number of nitrogens with two attached hydrogens (primary N) is 1. The number of hydrogen-bond acceptors (Lipinski definition) is 4. The Labute approximate surface area is 79.7 Å². The predicted octanol–water partition coefficient (Wildman–Crippen LogP) is -0.582. The number of morpholine rings is 1. The summed E-state index contributed by atoms with van der Waals surface area (Å²) >= 11 is 0. The van der Waals surface area contributed by atoms with Crippen LogP contribution in [0.1, 0.15) is 12.8 Å². The first-order valence-corrected chi connectivity index (χ1v) is 5.01. The Morgan fingerprint density at radius 2 is 2.08 bits per heavy atom. The average molecular weight is 188 g/mol. The molecule has 1 atom stereocenters. The van der Waals surface area contributed by atoms with Crippen LogP contribution in [-0.4, -0.2) is 55.5 Å². The molecule has 0 aromatic carbocycles. The minimum Gasteiger partial charge on any atom is -0.392 e. The van der Waals surface area contributed by atoms with Gasteiger partial charge in [0.2, 0.25) is 0 Å². The fourth-order valence-electron chi connectivity index (χ4n) is 1.49. The highest BCUT2D eigenvalue weighted by Gasteiger charge is 2.10. The Balaban J connectivity index is 1.98. The molecule has 1 saturated heterocycles. The Morgan fingerprint density at radius 3 is 2.69 bits per heavy atom. The molecule has 0 spiro atoms. The number of hydrogen-bond donors (Lipinski definition) is 2. The number of aliphatic hydroxyl groups excluding tert-OH is 1. The molecule has 0 saturated carbocycles. The average Bonchev–Trinajstić information content (AvgIpc) is 2.19. The van der Waals surface area contributed by atoms with Crippen molar-refractivity contribution < 1.29 is 9.84 Å². The third kappa shape index (κ3) is 4.57. The summed E-state index contributed by atoms with van der Waals surface area (Å²) in [4.78, 5) is 2.37. The summed E-state index contributed by atoms with van der Waals surface area (Å²) in [5.41, 5.74) is 5.31. The number of rotatable bonds is 5. The van der Waals surface area contributed by atoms with Gasteiger partial charge < -0.3 is 15.6 Å². The Hall–Kier alpha value is -0.160. The van der Waals surface area contributed by atoms with E-state index in [2.05, 4.69) is 4.90 Å². The second-order valence-corrected chi connectivity index (χ2v) is 3.49. The van der Waals surface area contributed by atoms with Crippen molar-refractivity contribution in [2.75, 3.05) is 39.4 Å². The summed E-state index contributed by atoms with van der Waals surface area (Å²) < 4.78 is 5.24. The maximum atomic E-state index is 9.22. The van der Waals surface area contributed by atoms with Crippen LogP contribution in [0.15, 0.2) is 0 Å². The lowest BCUT2D eigenvalue weighted by Gasteiger charge is -2.26. The van der Waals surface area contributed by atoms with Crippen LogP contribution in [0, 0.1) is 0 Å². The van der Waals surface area contributed by atoms with Gasteiger partial charge in [-0.1, -0.05) is 0 Å². The fraction of sp³-hybridized carbons (Fsp3) is 1.00. The molecule has 1 fully saturated rings. The standard InChI is InChI=1S/C9H20N2O2/c10-8-9(12)2-1-3-11-4-6-13-7-5-11/h9,12H,1-8,10H2. The molecule has 1 rings (SSSR count). The monoisotopic (exact) mass is 188 g/mol. The molecule has 4 nitrogen and oxygen atoms in total. The second-order valence-electron chi connectivity index (χ2n) is 3.49. The SMILES string of the molecule is NCC(O)CCCN1CCOCC1.